The summed E-state index contributed by atoms with van der Waals surface area (Å²) in [4.78, 5) is 36.8. The minimum atomic E-state index is -1.14. The van der Waals surface area contributed by atoms with Crippen LogP contribution in [0, 0.1) is 16.2 Å². The Morgan fingerprint density at radius 3 is 1.35 bits per heavy atom. The van der Waals surface area contributed by atoms with Gasteiger partial charge in [-0.15, -0.1) is 0 Å². The fourth-order valence-electron chi connectivity index (χ4n) is 3.11. The molecule has 0 rings (SSSR count). The van der Waals surface area contributed by atoms with Crippen molar-refractivity contribution >= 4 is 17.9 Å². The van der Waals surface area contributed by atoms with Gasteiger partial charge in [0.05, 0.1) is 23.4 Å². The maximum Gasteiger partial charge on any atom is 0.312 e. The lowest BCUT2D eigenvalue weighted by Crippen LogP contribution is -2.45. The summed E-state index contributed by atoms with van der Waals surface area (Å²) in [5.41, 5.74) is -3.90. The minimum absolute atomic E-state index is 0. The number of methoxy groups -OCH3 is 1. The average molecular weight is 455 g/mol. The van der Waals surface area contributed by atoms with Crippen molar-refractivity contribution in [2.24, 2.45) is 16.2 Å². The van der Waals surface area contributed by atoms with E-state index < -0.39 is 39.8 Å². The van der Waals surface area contributed by atoms with Crippen LogP contribution in [0.25, 0.3) is 0 Å². The second kappa shape index (κ2) is 16.1. The van der Waals surface area contributed by atoms with Crippen LogP contribution in [0.5, 0.6) is 0 Å². The normalized spacial score (nSPS) is 13.8. The van der Waals surface area contributed by atoms with E-state index >= 15 is 0 Å². The number of esters is 2. The van der Waals surface area contributed by atoms with Crippen molar-refractivity contribution in [2.75, 3.05) is 7.11 Å². The Morgan fingerprint density at radius 2 is 1.10 bits per heavy atom. The molecule has 0 saturated heterocycles. The number of hydrogen-bond acceptors (Lipinski definition) is 5. The summed E-state index contributed by atoms with van der Waals surface area (Å²) in [6.45, 7) is 13.7. The molecule has 0 heterocycles. The third-order valence-corrected chi connectivity index (χ3v) is 4.54. The Hall–Kier alpha value is -1.59. The summed E-state index contributed by atoms with van der Waals surface area (Å²) in [6, 6.07) is 0. The van der Waals surface area contributed by atoms with E-state index in [-0.39, 0.29) is 57.4 Å². The Balaban J connectivity index is -0.000000192. The summed E-state index contributed by atoms with van der Waals surface area (Å²) < 4.78 is 10.5. The van der Waals surface area contributed by atoms with Crippen molar-refractivity contribution in [3.8, 4) is 0 Å². The quantitative estimate of drug-likeness (QED) is 0.379. The van der Waals surface area contributed by atoms with E-state index in [1.807, 2.05) is 6.92 Å². The maximum absolute atomic E-state index is 12.9. The molecule has 1 N–H and O–H groups in total. The Bertz CT molecular complexity index is 519. The van der Waals surface area contributed by atoms with E-state index in [2.05, 4.69) is 0 Å². The van der Waals surface area contributed by atoms with Crippen molar-refractivity contribution < 1.29 is 29.0 Å². The highest BCUT2D eigenvalue weighted by Crippen LogP contribution is 2.45. The number of carboxylic acids is 1. The molecule has 0 aliphatic heterocycles. The van der Waals surface area contributed by atoms with Crippen molar-refractivity contribution in [1.29, 1.82) is 0 Å². The van der Waals surface area contributed by atoms with Crippen LogP contribution in [0.1, 0.15) is 119 Å². The highest BCUT2D eigenvalue weighted by atomic mass is 16.6. The molecule has 0 aliphatic carbocycles. The van der Waals surface area contributed by atoms with Gasteiger partial charge < -0.3 is 14.6 Å². The van der Waals surface area contributed by atoms with Crippen LogP contribution < -0.4 is 0 Å². The lowest BCUT2D eigenvalue weighted by Gasteiger charge is -2.40. The number of rotatable bonds is 8. The van der Waals surface area contributed by atoms with E-state index in [9.17, 15) is 19.5 Å². The molecule has 0 radical (unpaired) electrons. The standard InChI is InChI=1S/C19H34O6.6CH4/c1-10-18(7,14(22)24-9)12-19(8,11-17(5,6)13(20)21)15(23)25-16(2,3)4;;;;;;/h10-12H2,1-9H3,(H,20,21);6*1H4. The summed E-state index contributed by atoms with van der Waals surface area (Å²) in [7, 11) is 1.31. The predicted octanol–water partition coefficient (Wildman–Crippen LogP) is 7.63. The van der Waals surface area contributed by atoms with Gasteiger partial charge in [-0.1, -0.05) is 51.5 Å². The third kappa shape index (κ3) is 13.4. The fraction of sp³-hybridized carbons (Fsp3) is 0.880. The molecule has 0 saturated carbocycles. The Labute approximate surface area is 195 Å². The second-order valence-corrected chi connectivity index (χ2v) is 9.01. The van der Waals surface area contributed by atoms with Crippen LogP contribution >= 0.6 is 0 Å². The van der Waals surface area contributed by atoms with Gasteiger partial charge in [-0.05, 0) is 67.7 Å². The second-order valence-electron chi connectivity index (χ2n) is 9.01. The molecule has 0 bridgehead atoms. The topological polar surface area (TPSA) is 89.9 Å². The highest BCUT2D eigenvalue weighted by molar-refractivity contribution is 5.82. The molecule has 0 aliphatic rings. The Kier molecular flexibility index (Phi) is 24.5. The SMILES string of the molecule is C.C.C.C.C.C.CCC(C)(CC(C)(CC(C)(C)C(=O)O)C(=O)OC(C)(C)C)C(=O)OC. The third-order valence-electron chi connectivity index (χ3n) is 4.54. The highest BCUT2D eigenvalue weighted by Gasteiger charge is 2.50. The molecule has 6 heteroatoms. The number of carbonyl (C=O) groups is 3. The first-order valence-corrected chi connectivity index (χ1v) is 8.58. The molecule has 2 unspecified atom stereocenters. The van der Waals surface area contributed by atoms with Crippen molar-refractivity contribution in [2.45, 2.75) is 125 Å². The molecule has 0 spiro atoms. The smallest absolute Gasteiger partial charge is 0.312 e. The summed E-state index contributed by atoms with van der Waals surface area (Å²) in [5.74, 6) is -1.92. The molecule has 2 atom stereocenters. The average Bonchev–Trinajstić information content (AvgIpc) is 2.43. The first kappa shape index (κ1) is 47.3. The molecule has 0 aromatic rings. The van der Waals surface area contributed by atoms with Gasteiger partial charge in [0, 0.05) is 0 Å². The van der Waals surface area contributed by atoms with Gasteiger partial charge in [-0.3, -0.25) is 14.4 Å². The largest absolute Gasteiger partial charge is 0.481 e. The molecule has 194 valence electrons. The van der Waals surface area contributed by atoms with Crippen LogP contribution in [-0.2, 0) is 23.9 Å². The number of carboxylic acid groups (broad SMARTS) is 1. The van der Waals surface area contributed by atoms with Crippen LogP contribution in [0.2, 0.25) is 0 Å². The number of ether oxygens (including phenoxy) is 2. The number of aliphatic carboxylic acids is 1. The molecule has 0 fully saturated rings. The van der Waals surface area contributed by atoms with Gasteiger partial charge in [0.15, 0.2) is 0 Å². The zero-order valence-corrected chi connectivity index (χ0v) is 17.1. The van der Waals surface area contributed by atoms with Gasteiger partial charge in [-0.25, -0.2) is 0 Å². The van der Waals surface area contributed by atoms with Crippen LogP contribution in [0.3, 0.4) is 0 Å². The molecule has 31 heavy (non-hydrogen) atoms. The first-order chi connectivity index (χ1) is 11.0. The van der Waals surface area contributed by atoms with E-state index in [0.717, 1.165) is 0 Å². The maximum atomic E-state index is 12.9. The van der Waals surface area contributed by atoms with Gasteiger partial charge >= 0.3 is 17.9 Å². The molecular formula is C25H58O6. The number of carbonyl (C=O) groups excluding carboxylic acids is 2. The molecule has 0 amide bonds. The summed E-state index contributed by atoms with van der Waals surface area (Å²) in [6.07, 6.45) is 0.664. The zero-order chi connectivity index (χ0) is 20.3. The summed E-state index contributed by atoms with van der Waals surface area (Å²) >= 11 is 0. The lowest BCUT2D eigenvalue weighted by atomic mass is 9.65. The first-order valence-electron chi connectivity index (χ1n) is 8.58. The molecule has 6 nitrogen and oxygen atoms in total. The molecule has 0 aromatic heterocycles. The predicted molar refractivity (Wildman–Crippen MR) is 135 cm³/mol. The van der Waals surface area contributed by atoms with Gasteiger partial charge in [0.1, 0.15) is 5.60 Å². The Morgan fingerprint density at radius 1 is 0.710 bits per heavy atom. The monoisotopic (exact) mass is 454 g/mol. The van der Waals surface area contributed by atoms with Crippen LogP contribution in [0.15, 0.2) is 0 Å². The van der Waals surface area contributed by atoms with Gasteiger partial charge in [0.2, 0.25) is 0 Å². The van der Waals surface area contributed by atoms with Crippen molar-refractivity contribution in [3.63, 3.8) is 0 Å². The van der Waals surface area contributed by atoms with Crippen LogP contribution in [0.4, 0.5) is 0 Å². The molecule has 0 aromatic carbocycles. The van der Waals surface area contributed by atoms with Crippen molar-refractivity contribution in [3.05, 3.63) is 0 Å². The summed E-state index contributed by atoms with van der Waals surface area (Å²) in [5, 5.41) is 9.49. The van der Waals surface area contributed by atoms with Crippen LogP contribution in [-0.4, -0.2) is 35.7 Å². The fourth-order valence-corrected chi connectivity index (χ4v) is 3.11. The van der Waals surface area contributed by atoms with Crippen molar-refractivity contribution in [1.82, 2.24) is 0 Å². The number of hydrogen-bond donors (Lipinski definition) is 1. The van der Waals surface area contributed by atoms with E-state index in [1.165, 1.54) is 7.11 Å². The molecular weight excluding hydrogens is 396 g/mol. The van der Waals surface area contributed by atoms with E-state index in [0.29, 0.717) is 6.42 Å². The van der Waals surface area contributed by atoms with E-state index in [4.69, 9.17) is 9.47 Å². The lowest BCUT2D eigenvalue weighted by molar-refractivity contribution is -0.175. The zero-order valence-electron chi connectivity index (χ0n) is 17.1. The minimum Gasteiger partial charge on any atom is -0.481 e. The van der Waals surface area contributed by atoms with Gasteiger partial charge in [-0.2, -0.15) is 0 Å². The van der Waals surface area contributed by atoms with Gasteiger partial charge in [0.25, 0.3) is 0 Å². The van der Waals surface area contributed by atoms with E-state index in [1.54, 1.807) is 48.5 Å².